The van der Waals surface area contributed by atoms with Crippen molar-refractivity contribution in [2.24, 2.45) is 0 Å². The first-order valence-corrected chi connectivity index (χ1v) is 6.23. The largest absolute Gasteiger partial charge is 0.286 e. The summed E-state index contributed by atoms with van der Waals surface area (Å²) in [5.74, 6) is 5.96. The highest BCUT2D eigenvalue weighted by molar-refractivity contribution is 9.10. The lowest BCUT2D eigenvalue weighted by molar-refractivity contribution is 0.754. The lowest BCUT2D eigenvalue weighted by atomic mass is 10.2. The summed E-state index contributed by atoms with van der Waals surface area (Å²) in [6.07, 6.45) is 1.52. The molecule has 3 nitrogen and oxygen atoms in total. The van der Waals surface area contributed by atoms with Crippen molar-refractivity contribution in [3.8, 4) is 11.8 Å². The molecule has 0 unspecified atom stereocenters. The molecule has 90 valence electrons. The van der Waals surface area contributed by atoms with Crippen molar-refractivity contribution in [2.75, 3.05) is 0 Å². The van der Waals surface area contributed by atoms with E-state index in [1.54, 1.807) is 6.92 Å². The van der Waals surface area contributed by atoms with E-state index < -0.39 is 0 Å². The minimum absolute atomic E-state index is 0.107. The van der Waals surface area contributed by atoms with Crippen LogP contribution < -0.4 is 5.56 Å². The third kappa shape index (κ3) is 2.88. The van der Waals surface area contributed by atoms with E-state index in [9.17, 15) is 4.79 Å². The maximum absolute atomic E-state index is 11.8. The van der Waals surface area contributed by atoms with Gasteiger partial charge in [0, 0.05) is 5.56 Å². The van der Waals surface area contributed by atoms with Crippen LogP contribution in [-0.2, 0) is 6.54 Å². The fourth-order valence-electron chi connectivity index (χ4n) is 1.41. The summed E-state index contributed by atoms with van der Waals surface area (Å²) in [5.41, 5.74) is 1.52. The number of hydrogen-bond acceptors (Lipinski definition) is 2. The Kier molecular flexibility index (Phi) is 3.96. The predicted molar refractivity (Wildman–Crippen MR) is 74.3 cm³/mol. The number of halogens is 1. The molecule has 0 aliphatic heterocycles. The van der Waals surface area contributed by atoms with Gasteiger partial charge in [0.05, 0.1) is 18.6 Å². The van der Waals surface area contributed by atoms with Gasteiger partial charge < -0.3 is 0 Å². The Bertz CT molecular complexity index is 666. The molecule has 0 saturated carbocycles. The summed E-state index contributed by atoms with van der Waals surface area (Å²) < 4.78 is 1.97. The molecule has 0 amide bonds. The Balaban J connectivity index is 2.20. The molecule has 0 aliphatic rings. The smallest absolute Gasteiger partial charge is 0.268 e. The average Bonchev–Trinajstić information content (AvgIpc) is 2.40. The summed E-state index contributed by atoms with van der Waals surface area (Å²) in [6, 6.07) is 9.66. The summed E-state index contributed by atoms with van der Waals surface area (Å²) in [6.45, 7) is 2.12. The quantitative estimate of drug-likeness (QED) is 0.758. The minimum Gasteiger partial charge on any atom is -0.286 e. The normalized spacial score (nSPS) is 9.67. The second-order valence-electron chi connectivity index (χ2n) is 3.74. The Morgan fingerprint density at radius 2 is 2.06 bits per heavy atom. The Morgan fingerprint density at radius 1 is 1.33 bits per heavy atom. The van der Waals surface area contributed by atoms with E-state index in [4.69, 9.17) is 0 Å². The van der Waals surface area contributed by atoms with Crippen molar-refractivity contribution in [1.29, 1.82) is 0 Å². The zero-order chi connectivity index (χ0) is 13.0. The molecular weight excluding hydrogens is 292 g/mol. The molecule has 1 aromatic heterocycles. The molecule has 4 heteroatoms. The van der Waals surface area contributed by atoms with Crippen LogP contribution in [0.2, 0.25) is 0 Å². The van der Waals surface area contributed by atoms with Gasteiger partial charge in [-0.1, -0.05) is 30.0 Å². The van der Waals surface area contributed by atoms with Crippen molar-refractivity contribution < 1.29 is 0 Å². The maximum atomic E-state index is 11.8. The molecule has 2 rings (SSSR count). The van der Waals surface area contributed by atoms with Gasteiger partial charge in [-0.25, -0.2) is 4.98 Å². The van der Waals surface area contributed by atoms with Crippen LogP contribution in [0.3, 0.4) is 0 Å². The zero-order valence-corrected chi connectivity index (χ0v) is 11.4. The molecule has 18 heavy (non-hydrogen) atoms. The first-order valence-electron chi connectivity index (χ1n) is 5.44. The van der Waals surface area contributed by atoms with Crippen molar-refractivity contribution >= 4 is 15.9 Å². The summed E-state index contributed by atoms with van der Waals surface area (Å²) in [5, 5.41) is 0. The second kappa shape index (κ2) is 5.65. The third-order valence-electron chi connectivity index (χ3n) is 2.41. The Labute approximate surface area is 114 Å². The zero-order valence-electron chi connectivity index (χ0n) is 9.85. The molecule has 0 fully saturated rings. The molecule has 0 aliphatic carbocycles. The number of hydrogen-bond donors (Lipinski definition) is 0. The van der Waals surface area contributed by atoms with Gasteiger partial charge in [-0.2, -0.15) is 0 Å². The van der Waals surface area contributed by atoms with Gasteiger partial charge in [-0.15, -0.1) is 0 Å². The van der Waals surface area contributed by atoms with Crippen LogP contribution in [0.25, 0.3) is 0 Å². The molecule has 0 radical (unpaired) electrons. The number of aromatic nitrogens is 2. The topological polar surface area (TPSA) is 34.9 Å². The van der Waals surface area contributed by atoms with Gasteiger partial charge in [0.1, 0.15) is 4.47 Å². The third-order valence-corrected chi connectivity index (χ3v) is 3.33. The van der Waals surface area contributed by atoms with Crippen LogP contribution in [0.15, 0.2) is 45.9 Å². The van der Waals surface area contributed by atoms with Crippen molar-refractivity contribution in [3.05, 3.63) is 62.7 Å². The summed E-state index contributed by atoms with van der Waals surface area (Å²) in [4.78, 5) is 16.0. The minimum atomic E-state index is -0.107. The van der Waals surface area contributed by atoms with E-state index in [1.165, 1.54) is 10.9 Å². The molecule has 0 atom stereocenters. The number of benzene rings is 1. The van der Waals surface area contributed by atoms with Crippen LogP contribution in [0.5, 0.6) is 0 Å². The SMILES string of the molecule is Cc1ncn(CC#Cc2ccccc2)c(=O)c1Br. The molecule has 0 N–H and O–H groups in total. The van der Waals surface area contributed by atoms with E-state index >= 15 is 0 Å². The van der Waals surface area contributed by atoms with Crippen LogP contribution in [0.4, 0.5) is 0 Å². The second-order valence-corrected chi connectivity index (χ2v) is 4.54. The average molecular weight is 303 g/mol. The van der Waals surface area contributed by atoms with Crippen LogP contribution >= 0.6 is 15.9 Å². The lowest BCUT2D eigenvalue weighted by Crippen LogP contribution is -2.21. The van der Waals surface area contributed by atoms with Gasteiger partial charge in [0.25, 0.3) is 5.56 Å². The first kappa shape index (κ1) is 12.6. The van der Waals surface area contributed by atoms with E-state index in [1.807, 2.05) is 30.3 Å². The van der Waals surface area contributed by atoms with Crippen molar-refractivity contribution in [2.45, 2.75) is 13.5 Å². The van der Waals surface area contributed by atoms with Gasteiger partial charge in [0.2, 0.25) is 0 Å². The van der Waals surface area contributed by atoms with E-state index in [-0.39, 0.29) is 5.56 Å². The Morgan fingerprint density at radius 3 is 2.78 bits per heavy atom. The molecule has 0 spiro atoms. The highest BCUT2D eigenvalue weighted by atomic mass is 79.9. The number of aryl methyl sites for hydroxylation is 1. The van der Waals surface area contributed by atoms with Gasteiger partial charge in [-0.05, 0) is 35.0 Å². The molecule has 1 heterocycles. The van der Waals surface area contributed by atoms with Gasteiger partial charge in [0.15, 0.2) is 0 Å². The molecule has 2 aromatic rings. The first-order chi connectivity index (χ1) is 8.68. The predicted octanol–water partition coefficient (Wildman–Crippen LogP) is 2.37. The van der Waals surface area contributed by atoms with E-state index in [0.717, 1.165) is 5.56 Å². The Hall–Kier alpha value is -1.86. The van der Waals surface area contributed by atoms with Crippen LogP contribution in [0, 0.1) is 18.8 Å². The number of nitrogens with zero attached hydrogens (tertiary/aromatic N) is 2. The maximum Gasteiger partial charge on any atom is 0.268 e. The lowest BCUT2D eigenvalue weighted by Gasteiger charge is -2.01. The fourth-order valence-corrected chi connectivity index (χ4v) is 1.74. The standard InChI is InChI=1S/C14H11BrN2O/c1-11-13(15)14(18)17(10-16-11)9-5-8-12-6-3-2-4-7-12/h2-4,6-7,10H,9H2,1H3. The van der Waals surface area contributed by atoms with Gasteiger partial charge >= 0.3 is 0 Å². The van der Waals surface area contributed by atoms with E-state index in [0.29, 0.717) is 16.7 Å². The summed E-state index contributed by atoms with van der Waals surface area (Å²) >= 11 is 3.22. The molecule has 1 aromatic carbocycles. The number of rotatable bonds is 1. The van der Waals surface area contributed by atoms with E-state index in [2.05, 4.69) is 32.8 Å². The molecule has 0 saturated heterocycles. The molecule has 0 bridgehead atoms. The molecular formula is C14H11BrN2O. The van der Waals surface area contributed by atoms with Gasteiger partial charge in [-0.3, -0.25) is 9.36 Å². The van der Waals surface area contributed by atoms with Crippen molar-refractivity contribution in [3.63, 3.8) is 0 Å². The van der Waals surface area contributed by atoms with Crippen LogP contribution in [0.1, 0.15) is 11.3 Å². The van der Waals surface area contributed by atoms with Crippen molar-refractivity contribution in [1.82, 2.24) is 9.55 Å². The van der Waals surface area contributed by atoms with Crippen LogP contribution in [-0.4, -0.2) is 9.55 Å². The monoisotopic (exact) mass is 302 g/mol. The fraction of sp³-hybridized carbons (Fsp3) is 0.143. The summed E-state index contributed by atoms with van der Waals surface area (Å²) in [7, 11) is 0. The highest BCUT2D eigenvalue weighted by Crippen LogP contribution is 2.05. The highest BCUT2D eigenvalue weighted by Gasteiger charge is 2.03.